The van der Waals surface area contributed by atoms with E-state index in [4.69, 9.17) is 0 Å². The maximum absolute atomic E-state index is 4.21. The van der Waals surface area contributed by atoms with Crippen LogP contribution < -0.4 is 0 Å². The molecule has 2 aromatic rings. The van der Waals surface area contributed by atoms with Crippen molar-refractivity contribution in [1.29, 1.82) is 0 Å². The Kier molecular flexibility index (Phi) is 1.69. The molecule has 1 aromatic carbocycles. The number of aryl methyl sites for hydroxylation is 1. The van der Waals surface area contributed by atoms with Crippen LogP contribution in [0, 0.1) is 13.8 Å². The van der Waals surface area contributed by atoms with E-state index in [1.807, 2.05) is 12.4 Å². The van der Waals surface area contributed by atoms with Gasteiger partial charge in [0.25, 0.3) is 0 Å². The summed E-state index contributed by atoms with van der Waals surface area (Å²) in [7, 11) is 0. The smallest absolute Gasteiger partial charge is 0.0349 e. The largest absolute Gasteiger partial charge is 0.264 e. The van der Waals surface area contributed by atoms with E-state index in [1.54, 1.807) is 0 Å². The van der Waals surface area contributed by atoms with Gasteiger partial charge in [0, 0.05) is 18.0 Å². The minimum atomic E-state index is 1.07. The van der Waals surface area contributed by atoms with Gasteiger partial charge in [-0.2, -0.15) is 0 Å². The molecule has 0 spiro atoms. The van der Waals surface area contributed by atoms with E-state index in [2.05, 4.69) is 37.0 Å². The number of nitrogens with zero attached hydrogens (tertiary/aromatic N) is 1. The highest BCUT2D eigenvalue weighted by atomic mass is 14.6. The van der Waals surface area contributed by atoms with Crippen LogP contribution in [0.4, 0.5) is 0 Å². The number of hydrogen-bond acceptors (Lipinski definition) is 1. The fourth-order valence-corrected chi connectivity index (χ4v) is 2.36. The third-order valence-corrected chi connectivity index (χ3v) is 3.44. The van der Waals surface area contributed by atoms with Crippen LogP contribution in [0.25, 0.3) is 11.1 Å². The topological polar surface area (TPSA) is 12.9 Å². The molecule has 0 aliphatic heterocycles. The summed E-state index contributed by atoms with van der Waals surface area (Å²) < 4.78 is 0. The maximum Gasteiger partial charge on any atom is 0.0349 e. The van der Waals surface area contributed by atoms with Crippen molar-refractivity contribution >= 4 is 0 Å². The lowest BCUT2D eigenvalue weighted by Gasteiger charge is -2.06. The highest BCUT2D eigenvalue weighted by Gasteiger charge is 2.20. The van der Waals surface area contributed by atoms with Gasteiger partial charge in [0.15, 0.2) is 0 Å². The summed E-state index contributed by atoms with van der Waals surface area (Å²) in [5, 5.41) is 0. The molecule has 0 bridgehead atoms. The molecule has 1 nitrogen and oxygen atoms in total. The number of aromatic nitrogens is 1. The number of fused-ring (bicyclic) bond motifs is 3. The Morgan fingerprint density at radius 3 is 2.80 bits per heavy atom. The predicted molar refractivity (Wildman–Crippen MR) is 62.0 cm³/mol. The molecule has 1 aromatic heterocycles. The van der Waals surface area contributed by atoms with E-state index in [-0.39, 0.29) is 0 Å². The Bertz CT molecular complexity index is 541. The molecule has 0 N–H and O–H groups in total. The number of benzene rings is 1. The number of rotatable bonds is 0. The Balaban J connectivity index is 2.31. The quantitative estimate of drug-likeness (QED) is 0.536. The van der Waals surface area contributed by atoms with Crippen molar-refractivity contribution in [3.05, 3.63) is 52.8 Å². The Morgan fingerprint density at radius 1 is 1.07 bits per heavy atom. The van der Waals surface area contributed by atoms with E-state index < -0.39 is 0 Å². The van der Waals surface area contributed by atoms with Gasteiger partial charge in [-0.25, -0.2) is 0 Å². The van der Waals surface area contributed by atoms with Crippen LogP contribution in [0.5, 0.6) is 0 Å². The minimum absolute atomic E-state index is 1.07. The lowest BCUT2D eigenvalue weighted by Crippen LogP contribution is -1.89. The molecule has 0 saturated carbocycles. The van der Waals surface area contributed by atoms with Crippen molar-refractivity contribution in [1.82, 2.24) is 4.98 Å². The third-order valence-electron chi connectivity index (χ3n) is 3.44. The summed E-state index contributed by atoms with van der Waals surface area (Å²) in [5.41, 5.74) is 8.40. The van der Waals surface area contributed by atoms with Gasteiger partial charge < -0.3 is 0 Å². The molecule has 1 heteroatoms. The summed E-state index contributed by atoms with van der Waals surface area (Å²) in [6.07, 6.45) is 4.93. The summed E-state index contributed by atoms with van der Waals surface area (Å²) >= 11 is 0. The van der Waals surface area contributed by atoms with Gasteiger partial charge in [0.05, 0.1) is 0 Å². The van der Waals surface area contributed by atoms with E-state index >= 15 is 0 Å². The number of pyridine rings is 1. The van der Waals surface area contributed by atoms with Crippen LogP contribution >= 0.6 is 0 Å². The molecular formula is C14H13N. The normalized spacial score (nSPS) is 12.4. The fraction of sp³-hybridized carbons (Fsp3) is 0.214. The highest BCUT2D eigenvalue weighted by molar-refractivity contribution is 5.77. The molecule has 15 heavy (non-hydrogen) atoms. The molecule has 1 aliphatic carbocycles. The van der Waals surface area contributed by atoms with Crippen molar-refractivity contribution < 1.29 is 0 Å². The van der Waals surface area contributed by atoms with E-state index in [1.165, 1.54) is 33.4 Å². The van der Waals surface area contributed by atoms with Gasteiger partial charge in [0.1, 0.15) is 0 Å². The van der Waals surface area contributed by atoms with Gasteiger partial charge in [-0.1, -0.05) is 12.1 Å². The number of hydrogen-bond donors (Lipinski definition) is 0. The van der Waals surface area contributed by atoms with Crippen LogP contribution in [-0.2, 0) is 6.42 Å². The maximum atomic E-state index is 4.21. The minimum Gasteiger partial charge on any atom is -0.264 e. The Morgan fingerprint density at radius 2 is 1.93 bits per heavy atom. The second kappa shape index (κ2) is 2.93. The zero-order chi connectivity index (χ0) is 10.4. The molecule has 0 fully saturated rings. The molecule has 3 rings (SSSR count). The van der Waals surface area contributed by atoms with E-state index in [0.29, 0.717) is 0 Å². The van der Waals surface area contributed by atoms with Crippen molar-refractivity contribution in [2.24, 2.45) is 0 Å². The second-order valence-electron chi connectivity index (χ2n) is 4.24. The Labute approximate surface area is 89.8 Å². The predicted octanol–water partition coefficient (Wildman–Crippen LogP) is 3.27. The fourth-order valence-electron chi connectivity index (χ4n) is 2.36. The van der Waals surface area contributed by atoms with Gasteiger partial charge in [-0.3, -0.25) is 4.98 Å². The van der Waals surface area contributed by atoms with Gasteiger partial charge in [-0.15, -0.1) is 0 Å². The highest BCUT2D eigenvalue weighted by Crippen LogP contribution is 2.38. The molecule has 0 atom stereocenters. The third kappa shape index (κ3) is 1.13. The molecule has 0 amide bonds. The molecule has 74 valence electrons. The van der Waals surface area contributed by atoms with Gasteiger partial charge in [0.2, 0.25) is 0 Å². The molecular weight excluding hydrogens is 182 g/mol. The summed E-state index contributed by atoms with van der Waals surface area (Å²) in [4.78, 5) is 4.21. The van der Waals surface area contributed by atoms with Crippen molar-refractivity contribution in [3.8, 4) is 11.1 Å². The first-order valence-electron chi connectivity index (χ1n) is 5.29. The van der Waals surface area contributed by atoms with Crippen LogP contribution in [0.2, 0.25) is 0 Å². The zero-order valence-corrected chi connectivity index (χ0v) is 9.04. The average molecular weight is 195 g/mol. The molecule has 1 aliphatic rings. The zero-order valence-electron chi connectivity index (χ0n) is 9.04. The van der Waals surface area contributed by atoms with E-state index in [9.17, 15) is 0 Å². The van der Waals surface area contributed by atoms with Crippen LogP contribution in [0.15, 0.2) is 30.6 Å². The van der Waals surface area contributed by atoms with E-state index in [0.717, 1.165) is 6.42 Å². The monoisotopic (exact) mass is 195 g/mol. The first-order valence-corrected chi connectivity index (χ1v) is 5.29. The van der Waals surface area contributed by atoms with Crippen molar-refractivity contribution in [3.63, 3.8) is 0 Å². The van der Waals surface area contributed by atoms with Crippen molar-refractivity contribution in [2.75, 3.05) is 0 Å². The molecule has 0 radical (unpaired) electrons. The lowest BCUT2D eigenvalue weighted by atomic mass is 9.98. The SMILES string of the molecule is Cc1ccc2c(c1C)Cc1ccncc1-2. The Hall–Kier alpha value is -1.63. The first kappa shape index (κ1) is 8.66. The summed E-state index contributed by atoms with van der Waals surface area (Å²) in [5.74, 6) is 0. The van der Waals surface area contributed by atoms with Crippen LogP contribution in [0.3, 0.4) is 0 Å². The second-order valence-corrected chi connectivity index (χ2v) is 4.24. The molecule has 1 heterocycles. The standard InChI is InChI=1S/C14H13N/c1-9-3-4-12-13(10(9)2)7-11-5-6-15-8-14(11)12/h3-6,8H,7H2,1-2H3. The van der Waals surface area contributed by atoms with Gasteiger partial charge >= 0.3 is 0 Å². The lowest BCUT2D eigenvalue weighted by molar-refractivity contribution is 1.18. The molecule has 0 saturated heterocycles. The average Bonchev–Trinajstić information content (AvgIpc) is 2.63. The van der Waals surface area contributed by atoms with Crippen LogP contribution in [0.1, 0.15) is 22.3 Å². The summed E-state index contributed by atoms with van der Waals surface area (Å²) in [6.45, 7) is 4.39. The summed E-state index contributed by atoms with van der Waals surface area (Å²) in [6, 6.07) is 6.56. The van der Waals surface area contributed by atoms with Gasteiger partial charge in [-0.05, 0) is 54.2 Å². The first-order chi connectivity index (χ1) is 7.27. The molecule has 0 unspecified atom stereocenters. The van der Waals surface area contributed by atoms with Crippen LogP contribution in [-0.4, -0.2) is 4.98 Å². The van der Waals surface area contributed by atoms with Crippen molar-refractivity contribution in [2.45, 2.75) is 20.3 Å².